The van der Waals surface area contributed by atoms with Gasteiger partial charge in [-0.15, -0.1) is 12.4 Å². The number of nitrogens with zero attached hydrogens (tertiary/aromatic N) is 1. The topological polar surface area (TPSA) is 67.6 Å². The Morgan fingerprint density at radius 1 is 1.45 bits per heavy atom. The van der Waals surface area contributed by atoms with Crippen molar-refractivity contribution in [3.63, 3.8) is 0 Å². The zero-order valence-corrected chi connectivity index (χ0v) is 14.3. The zero-order chi connectivity index (χ0) is 15.5. The molecule has 22 heavy (non-hydrogen) atoms. The quantitative estimate of drug-likeness (QED) is 0.869. The van der Waals surface area contributed by atoms with Gasteiger partial charge >= 0.3 is 0 Å². The number of carbonyl (C=O) groups is 1. The molecule has 1 aliphatic rings. The Labute approximate surface area is 138 Å². The lowest BCUT2D eigenvalue weighted by molar-refractivity contribution is -0.120. The number of likely N-dealkylation sites (tertiary alicyclic amines) is 1. The lowest BCUT2D eigenvalue weighted by atomic mass is 9.90. The second-order valence-electron chi connectivity index (χ2n) is 6.13. The van der Waals surface area contributed by atoms with Crippen LogP contribution in [0.3, 0.4) is 0 Å². The van der Waals surface area contributed by atoms with E-state index >= 15 is 0 Å². The number of hydrogen-bond donors (Lipinski definition) is 2. The highest BCUT2D eigenvalue weighted by Crippen LogP contribution is 2.30. The van der Waals surface area contributed by atoms with E-state index in [0.717, 1.165) is 30.9 Å². The number of ether oxygens (including phenoxy) is 1. The van der Waals surface area contributed by atoms with Crippen LogP contribution in [0.2, 0.25) is 0 Å². The molecular weight excluding hydrogens is 302 g/mol. The summed E-state index contributed by atoms with van der Waals surface area (Å²) in [6.07, 6.45) is 1.05. The predicted molar refractivity (Wildman–Crippen MR) is 91.7 cm³/mol. The van der Waals surface area contributed by atoms with E-state index in [1.54, 1.807) is 7.11 Å². The van der Waals surface area contributed by atoms with E-state index in [2.05, 4.69) is 17.1 Å². The summed E-state index contributed by atoms with van der Waals surface area (Å²) in [6, 6.07) is 7.21. The highest BCUT2D eigenvalue weighted by atomic mass is 35.5. The zero-order valence-electron chi connectivity index (χ0n) is 13.5. The largest absolute Gasteiger partial charge is 0.497 e. The van der Waals surface area contributed by atoms with Gasteiger partial charge in [-0.05, 0) is 56.1 Å². The molecule has 0 aromatic heterocycles. The molecule has 1 amide bonds. The third-order valence-electron chi connectivity index (χ3n) is 4.36. The maximum Gasteiger partial charge on any atom is 0.241 e. The lowest BCUT2D eigenvalue weighted by Crippen LogP contribution is -2.42. The molecule has 5 nitrogen and oxygen atoms in total. The van der Waals surface area contributed by atoms with Crippen molar-refractivity contribution in [3.05, 3.63) is 24.3 Å². The monoisotopic (exact) mass is 327 g/mol. The Hall–Kier alpha value is -1.30. The predicted octanol–water partition coefficient (Wildman–Crippen LogP) is 2.11. The number of carbonyl (C=O) groups excluding carboxylic acids is 1. The third kappa shape index (κ3) is 4.35. The molecule has 1 heterocycles. The molecule has 0 saturated carbocycles. The second-order valence-corrected chi connectivity index (χ2v) is 6.13. The van der Waals surface area contributed by atoms with E-state index in [0.29, 0.717) is 6.54 Å². The number of hydrogen-bond acceptors (Lipinski definition) is 4. The summed E-state index contributed by atoms with van der Waals surface area (Å²) in [7, 11) is 1.62. The average molecular weight is 328 g/mol. The summed E-state index contributed by atoms with van der Waals surface area (Å²) in [6.45, 7) is 6.59. The molecule has 0 spiro atoms. The number of rotatable bonds is 5. The molecule has 124 valence electrons. The van der Waals surface area contributed by atoms with Gasteiger partial charge in [0, 0.05) is 12.2 Å². The summed E-state index contributed by atoms with van der Waals surface area (Å²) >= 11 is 0. The first-order valence-electron chi connectivity index (χ1n) is 7.36. The van der Waals surface area contributed by atoms with E-state index in [1.807, 2.05) is 31.2 Å². The Morgan fingerprint density at radius 2 is 2.09 bits per heavy atom. The van der Waals surface area contributed by atoms with Crippen molar-refractivity contribution in [2.75, 3.05) is 32.1 Å². The molecule has 0 radical (unpaired) electrons. The van der Waals surface area contributed by atoms with Gasteiger partial charge in [0.1, 0.15) is 5.75 Å². The molecule has 2 rings (SSSR count). The minimum Gasteiger partial charge on any atom is -0.497 e. The lowest BCUT2D eigenvalue weighted by Gasteiger charge is -2.26. The Balaban J connectivity index is 0.00000242. The SMILES string of the molecule is COc1ccc(NC(=O)C(C)N2CCC(C)(CN)C2)cc1.Cl. The van der Waals surface area contributed by atoms with Crippen LogP contribution >= 0.6 is 12.4 Å². The van der Waals surface area contributed by atoms with Crippen LogP contribution in [0.15, 0.2) is 24.3 Å². The normalized spacial score (nSPS) is 22.7. The molecule has 2 unspecified atom stereocenters. The van der Waals surface area contributed by atoms with Crippen LogP contribution in [-0.4, -0.2) is 43.6 Å². The van der Waals surface area contributed by atoms with Crippen molar-refractivity contribution in [1.29, 1.82) is 0 Å². The standard InChI is InChI=1S/C16H25N3O2.ClH/c1-12(19-9-8-16(2,10-17)11-19)15(20)18-13-4-6-14(21-3)7-5-13;/h4-7,12H,8-11,17H2,1-3H3,(H,18,20);1H. The van der Waals surface area contributed by atoms with Crippen LogP contribution in [0.4, 0.5) is 5.69 Å². The van der Waals surface area contributed by atoms with Gasteiger partial charge in [-0.3, -0.25) is 9.69 Å². The van der Waals surface area contributed by atoms with E-state index < -0.39 is 0 Å². The fraction of sp³-hybridized carbons (Fsp3) is 0.562. The number of methoxy groups -OCH3 is 1. The maximum atomic E-state index is 12.3. The molecule has 0 aliphatic carbocycles. The minimum absolute atomic E-state index is 0. The van der Waals surface area contributed by atoms with Crippen molar-refractivity contribution in [3.8, 4) is 5.75 Å². The van der Waals surface area contributed by atoms with Gasteiger partial charge < -0.3 is 15.8 Å². The fourth-order valence-corrected chi connectivity index (χ4v) is 2.65. The molecule has 3 N–H and O–H groups in total. The molecule has 1 aromatic carbocycles. The number of benzene rings is 1. The number of anilines is 1. The summed E-state index contributed by atoms with van der Waals surface area (Å²) in [5.74, 6) is 0.792. The first kappa shape index (κ1) is 18.7. The van der Waals surface area contributed by atoms with Gasteiger partial charge in [0.05, 0.1) is 13.2 Å². The molecule has 6 heteroatoms. The van der Waals surface area contributed by atoms with E-state index in [9.17, 15) is 4.79 Å². The highest BCUT2D eigenvalue weighted by molar-refractivity contribution is 5.94. The number of nitrogens with two attached hydrogens (primary N) is 1. The Kier molecular flexibility index (Phi) is 6.66. The minimum atomic E-state index is -0.152. The van der Waals surface area contributed by atoms with Crippen molar-refractivity contribution >= 4 is 24.0 Å². The molecule has 2 atom stereocenters. The number of amides is 1. The van der Waals surface area contributed by atoms with Crippen LogP contribution in [-0.2, 0) is 4.79 Å². The molecule has 1 fully saturated rings. The van der Waals surface area contributed by atoms with Gasteiger partial charge in [-0.25, -0.2) is 0 Å². The molecule has 0 bridgehead atoms. The van der Waals surface area contributed by atoms with Gasteiger partial charge in [0.25, 0.3) is 0 Å². The Bertz CT molecular complexity index is 495. The van der Waals surface area contributed by atoms with Gasteiger partial charge in [0.2, 0.25) is 5.91 Å². The van der Waals surface area contributed by atoms with E-state index in [-0.39, 0.29) is 29.8 Å². The van der Waals surface area contributed by atoms with E-state index in [4.69, 9.17) is 10.5 Å². The first-order chi connectivity index (χ1) is 9.97. The molecular formula is C16H26ClN3O2. The molecule has 1 saturated heterocycles. The van der Waals surface area contributed by atoms with Gasteiger partial charge in [-0.1, -0.05) is 6.92 Å². The van der Waals surface area contributed by atoms with Crippen molar-refractivity contribution in [2.24, 2.45) is 11.1 Å². The number of nitrogens with one attached hydrogen (secondary N) is 1. The van der Waals surface area contributed by atoms with Crippen LogP contribution in [0, 0.1) is 5.41 Å². The van der Waals surface area contributed by atoms with Gasteiger partial charge in [-0.2, -0.15) is 0 Å². The number of halogens is 1. The summed E-state index contributed by atoms with van der Waals surface area (Å²) < 4.78 is 5.11. The van der Waals surface area contributed by atoms with Crippen LogP contribution in [0.5, 0.6) is 5.75 Å². The smallest absolute Gasteiger partial charge is 0.241 e. The summed E-state index contributed by atoms with van der Waals surface area (Å²) in [5.41, 5.74) is 6.74. The maximum absolute atomic E-state index is 12.3. The average Bonchev–Trinajstić information content (AvgIpc) is 2.90. The van der Waals surface area contributed by atoms with Crippen LogP contribution in [0.1, 0.15) is 20.3 Å². The van der Waals surface area contributed by atoms with E-state index in [1.165, 1.54) is 0 Å². The van der Waals surface area contributed by atoms with Crippen molar-refractivity contribution < 1.29 is 9.53 Å². The van der Waals surface area contributed by atoms with Crippen molar-refractivity contribution in [1.82, 2.24) is 4.90 Å². The second kappa shape index (κ2) is 7.81. The van der Waals surface area contributed by atoms with Crippen LogP contribution in [0.25, 0.3) is 0 Å². The summed E-state index contributed by atoms with van der Waals surface area (Å²) in [4.78, 5) is 14.5. The van der Waals surface area contributed by atoms with Crippen LogP contribution < -0.4 is 15.8 Å². The van der Waals surface area contributed by atoms with Crippen molar-refractivity contribution in [2.45, 2.75) is 26.3 Å². The fourth-order valence-electron chi connectivity index (χ4n) is 2.65. The van der Waals surface area contributed by atoms with Gasteiger partial charge in [0.15, 0.2) is 0 Å². The third-order valence-corrected chi connectivity index (χ3v) is 4.36. The molecule has 1 aromatic rings. The highest BCUT2D eigenvalue weighted by Gasteiger charge is 2.36. The first-order valence-corrected chi connectivity index (χ1v) is 7.36. The molecule has 1 aliphatic heterocycles. The summed E-state index contributed by atoms with van der Waals surface area (Å²) in [5, 5.41) is 2.95. The Morgan fingerprint density at radius 3 is 2.59 bits per heavy atom.